The van der Waals surface area contributed by atoms with Gasteiger partial charge in [0.2, 0.25) is 0 Å². The lowest BCUT2D eigenvalue weighted by atomic mass is 10.0. The van der Waals surface area contributed by atoms with Crippen LogP contribution in [0.25, 0.3) is 21.2 Å². The van der Waals surface area contributed by atoms with E-state index >= 15 is 0 Å². The lowest BCUT2D eigenvalue weighted by Crippen LogP contribution is -1.86. The Labute approximate surface area is 131 Å². The molecule has 3 aromatic rings. The smallest absolute Gasteiger partial charge is 0.0348 e. The number of rotatable bonds is 5. The van der Waals surface area contributed by atoms with E-state index < -0.39 is 0 Å². The number of thiophene rings is 1. The van der Waals surface area contributed by atoms with E-state index in [1.165, 1.54) is 46.9 Å². The lowest BCUT2D eigenvalue weighted by Gasteiger charge is -2.01. The van der Waals surface area contributed by atoms with Crippen LogP contribution in [-0.4, -0.2) is 0 Å². The van der Waals surface area contributed by atoms with Gasteiger partial charge < -0.3 is 0 Å². The molecular formula is C20H22S. The predicted molar refractivity (Wildman–Crippen MR) is 95.3 cm³/mol. The Morgan fingerprint density at radius 3 is 2.33 bits per heavy atom. The van der Waals surface area contributed by atoms with Crippen LogP contribution in [0.3, 0.4) is 0 Å². The zero-order valence-electron chi connectivity index (χ0n) is 12.9. The SMILES string of the molecule is CCCc1cc(-c2ccc3ccccc3c2)sc1CCC. The molecule has 1 aromatic heterocycles. The van der Waals surface area contributed by atoms with Crippen LogP contribution in [0.15, 0.2) is 48.5 Å². The number of hydrogen-bond acceptors (Lipinski definition) is 1. The number of benzene rings is 2. The molecule has 0 saturated carbocycles. The van der Waals surface area contributed by atoms with E-state index in [9.17, 15) is 0 Å². The van der Waals surface area contributed by atoms with Gasteiger partial charge in [-0.05, 0) is 46.9 Å². The van der Waals surface area contributed by atoms with E-state index in [1.54, 1.807) is 10.4 Å². The second-order valence-corrected chi connectivity index (χ2v) is 6.76. The van der Waals surface area contributed by atoms with Crippen LogP contribution in [0.5, 0.6) is 0 Å². The van der Waals surface area contributed by atoms with Crippen LogP contribution in [0.2, 0.25) is 0 Å². The molecule has 0 aliphatic carbocycles. The molecule has 0 spiro atoms. The number of hydrogen-bond donors (Lipinski definition) is 0. The molecule has 0 fully saturated rings. The van der Waals surface area contributed by atoms with Crippen LogP contribution in [-0.2, 0) is 12.8 Å². The molecule has 108 valence electrons. The predicted octanol–water partition coefficient (Wildman–Crippen LogP) is 6.47. The topological polar surface area (TPSA) is 0 Å². The fraction of sp³-hybridized carbons (Fsp3) is 0.300. The Bertz CT molecular complexity index is 713. The molecular weight excluding hydrogens is 272 g/mol. The van der Waals surface area contributed by atoms with Crippen molar-refractivity contribution in [2.45, 2.75) is 39.5 Å². The third kappa shape index (κ3) is 3.03. The summed E-state index contributed by atoms with van der Waals surface area (Å²) in [6.07, 6.45) is 4.88. The van der Waals surface area contributed by atoms with Crippen molar-refractivity contribution in [2.24, 2.45) is 0 Å². The van der Waals surface area contributed by atoms with E-state index in [1.807, 2.05) is 11.3 Å². The van der Waals surface area contributed by atoms with Gasteiger partial charge in [-0.25, -0.2) is 0 Å². The number of fused-ring (bicyclic) bond motifs is 1. The summed E-state index contributed by atoms with van der Waals surface area (Å²) in [6.45, 7) is 4.54. The van der Waals surface area contributed by atoms with Crippen molar-refractivity contribution in [3.63, 3.8) is 0 Å². The summed E-state index contributed by atoms with van der Waals surface area (Å²) in [5.41, 5.74) is 2.92. The lowest BCUT2D eigenvalue weighted by molar-refractivity contribution is 0.878. The Morgan fingerprint density at radius 1 is 0.810 bits per heavy atom. The highest BCUT2D eigenvalue weighted by Gasteiger charge is 2.09. The van der Waals surface area contributed by atoms with Gasteiger partial charge in [0.15, 0.2) is 0 Å². The van der Waals surface area contributed by atoms with Crippen molar-refractivity contribution < 1.29 is 0 Å². The fourth-order valence-electron chi connectivity index (χ4n) is 2.87. The number of aryl methyl sites for hydroxylation is 2. The third-order valence-electron chi connectivity index (χ3n) is 3.93. The average Bonchev–Trinajstić information content (AvgIpc) is 2.91. The van der Waals surface area contributed by atoms with Crippen LogP contribution in [0.4, 0.5) is 0 Å². The largest absolute Gasteiger partial charge is 0.140 e. The van der Waals surface area contributed by atoms with Crippen LogP contribution < -0.4 is 0 Å². The van der Waals surface area contributed by atoms with Gasteiger partial charge in [0, 0.05) is 9.75 Å². The second kappa shape index (κ2) is 6.44. The maximum atomic E-state index is 2.42. The van der Waals surface area contributed by atoms with Crippen molar-refractivity contribution in [1.82, 2.24) is 0 Å². The Kier molecular flexibility index (Phi) is 4.40. The molecule has 0 nitrogen and oxygen atoms in total. The summed E-state index contributed by atoms with van der Waals surface area (Å²) in [4.78, 5) is 3.01. The molecule has 3 rings (SSSR count). The highest BCUT2D eigenvalue weighted by molar-refractivity contribution is 7.15. The molecule has 0 N–H and O–H groups in total. The highest BCUT2D eigenvalue weighted by Crippen LogP contribution is 2.34. The van der Waals surface area contributed by atoms with Crippen molar-refractivity contribution in [3.05, 3.63) is 59.0 Å². The molecule has 0 atom stereocenters. The van der Waals surface area contributed by atoms with Gasteiger partial charge in [-0.1, -0.05) is 63.1 Å². The fourth-order valence-corrected chi connectivity index (χ4v) is 4.18. The average molecular weight is 294 g/mol. The van der Waals surface area contributed by atoms with Crippen molar-refractivity contribution in [3.8, 4) is 10.4 Å². The Balaban J connectivity index is 2.02. The van der Waals surface area contributed by atoms with E-state index in [4.69, 9.17) is 0 Å². The zero-order valence-corrected chi connectivity index (χ0v) is 13.7. The van der Waals surface area contributed by atoms with Crippen molar-refractivity contribution >= 4 is 22.1 Å². The monoisotopic (exact) mass is 294 g/mol. The first-order valence-corrected chi connectivity index (χ1v) is 8.74. The van der Waals surface area contributed by atoms with Gasteiger partial charge >= 0.3 is 0 Å². The van der Waals surface area contributed by atoms with Crippen LogP contribution in [0.1, 0.15) is 37.1 Å². The summed E-state index contributed by atoms with van der Waals surface area (Å²) >= 11 is 1.99. The van der Waals surface area contributed by atoms with Crippen molar-refractivity contribution in [2.75, 3.05) is 0 Å². The summed E-state index contributed by atoms with van der Waals surface area (Å²) in [6, 6.07) is 17.8. The van der Waals surface area contributed by atoms with Crippen molar-refractivity contribution in [1.29, 1.82) is 0 Å². The molecule has 1 heterocycles. The van der Waals surface area contributed by atoms with Gasteiger partial charge in [-0.15, -0.1) is 11.3 Å². The van der Waals surface area contributed by atoms with Gasteiger partial charge in [-0.2, -0.15) is 0 Å². The van der Waals surface area contributed by atoms with Gasteiger partial charge in [0.05, 0.1) is 0 Å². The van der Waals surface area contributed by atoms with Crippen LogP contribution in [0, 0.1) is 0 Å². The molecule has 2 aromatic carbocycles. The molecule has 0 bridgehead atoms. The minimum Gasteiger partial charge on any atom is -0.140 e. The van der Waals surface area contributed by atoms with E-state index in [0.717, 1.165) is 0 Å². The quantitative estimate of drug-likeness (QED) is 0.505. The Hall–Kier alpha value is -1.60. The molecule has 0 amide bonds. The molecule has 0 radical (unpaired) electrons. The first kappa shape index (κ1) is 14.3. The van der Waals surface area contributed by atoms with E-state index in [2.05, 4.69) is 62.4 Å². The molecule has 0 aliphatic rings. The minimum absolute atomic E-state index is 1.21. The molecule has 0 aliphatic heterocycles. The van der Waals surface area contributed by atoms with Gasteiger partial charge in [0.1, 0.15) is 0 Å². The normalized spacial score (nSPS) is 11.1. The zero-order chi connectivity index (χ0) is 14.7. The van der Waals surface area contributed by atoms with Gasteiger partial charge in [0.25, 0.3) is 0 Å². The second-order valence-electron chi connectivity index (χ2n) is 5.62. The van der Waals surface area contributed by atoms with Crippen LogP contribution >= 0.6 is 11.3 Å². The first-order chi connectivity index (χ1) is 10.3. The standard InChI is InChI=1S/C20H22S/c1-3-7-17-14-20(21-19(17)8-4-2)18-12-11-15-9-5-6-10-16(15)13-18/h5-6,9-14H,3-4,7-8H2,1-2H3. The highest BCUT2D eigenvalue weighted by atomic mass is 32.1. The molecule has 0 unspecified atom stereocenters. The summed E-state index contributed by atoms with van der Waals surface area (Å²) in [5, 5.41) is 2.65. The van der Waals surface area contributed by atoms with E-state index in [-0.39, 0.29) is 0 Å². The van der Waals surface area contributed by atoms with E-state index in [0.29, 0.717) is 0 Å². The molecule has 1 heteroatoms. The minimum atomic E-state index is 1.21. The summed E-state index contributed by atoms with van der Waals surface area (Å²) in [7, 11) is 0. The maximum Gasteiger partial charge on any atom is 0.0348 e. The first-order valence-electron chi connectivity index (χ1n) is 7.92. The summed E-state index contributed by atoms with van der Waals surface area (Å²) < 4.78 is 0. The summed E-state index contributed by atoms with van der Waals surface area (Å²) in [5.74, 6) is 0. The molecule has 0 saturated heterocycles. The molecule has 21 heavy (non-hydrogen) atoms. The third-order valence-corrected chi connectivity index (χ3v) is 5.21. The Morgan fingerprint density at radius 2 is 1.57 bits per heavy atom. The van der Waals surface area contributed by atoms with Gasteiger partial charge in [-0.3, -0.25) is 0 Å². The maximum absolute atomic E-state index is 2.42.